The Balaban J connectivity index is 1.66. The minimum atomic E-state index is 0.347. The van der Waals surface area contributed by atoms with Gasteiger partial charge in [-0.05, 0) is 63.8 Å². The van der Waals surface area contributed by atoms with Crippen LogP contribution in [0.3, 0.4) is 0 Å². The average molecular weight is 352 g/mol. The van der Waals surface area contributed by atoms with Crippen LogP contribution in [0, 0.1) is 6.92 Å². The van der Waals surface area contributed by atoms with Crippen LogP contribution in [0.4, 0.5) is 11.5 Å². The lowest BCUT2D eigenvalue weighted by Gasteiger charge is -2.33. The van der Waals surface area contributed by atoms with Crippen LogP contribution in [0.25, 0.3) is 0 Å². The van der Waals surface area contributed by atoms with Gasteiger partial charge in [0.05, 0.1) is 6.54 Å². The van der Waals surface area contributed by atoms with Crippen LogP contribution in [-0.2, 0) is 6.54 Å². The Morgan fingerprint density at radius 1 is 1.12 bits per heavy atom. The number of anilines is 2. The lowest BCUT2D eigenvalue weighted by atomic mass is 10.0. The molecule has 1 fully saturated rings. The zero-order valence-corrected chi connectivity index (χ0v) is 15.9. The number of fused-ring (bicyclic) bond motifs is 1. The number of benzene rings is 1. The molecule has 0 unspecified atom stereocenters. The van der Waals surface area contributed by atoms with E-state index in [1.165, 1.54) is 49.2 Å². The summed E-state index contributed by atoms with van der Waals surface area (Å²) in [5, 5.41) is 17.7. The van der Waals surface area contributed by atoms with Gasteiger partial charge in [0.25, 0.3) is 0 Å². The maximum absolute atomic E-state index is 4.84. The highest BCUT2D eigenvalue weighted by Crippen LogP contribution is 2.28. The largest absolute Gasteiger partial charge is 0.372 e. The number of hydrazone groups is 1. The Bertz CT molecular complexity index is 800. The van der Waals surface area contributed by atoms with Gasteiger partial charge in [0.1, 0.15) is 0 Å². The van der Waals surface area contributed by atoms with Crippen molar-refractivity contribution in [2.24, 2.45) is 5.10 Å². The summed E-state index contributed by atoms with van der Waals surface area (Å²) in [6.45, 7) is 9.54. The van der Waals surface area contributed by atoms with E-state index >= 15 is 0 Å². The van der Waals surface area contributed by atoms with Crippen LogP contribution in [0.2, 0.25) is 0 Å². The third-order valence-electron chi connectivity index (χ3n) is 5.17. The molecule has 2 N–H and O–H groups in total. The number of amidine groups is 1. The van der Waals surface area contributed by atoms with E-state index in [1.807, 2.05) is 13.0 Å². The molecule has 0 bridgehead atoms. The summed E-state index contributed by atoms with van der Waals surface area (Å²) in [7, 11) is 0. The van der Waals surface area contributed by atoms with Crippen LogP contribution in [0.15, 0.2) is 29.4 Å². The molecular formula is C20H28N6. The quantitative estimate of drug-likeness (QED) is 0.884. The third kappa shape index (κ3) is 3.41. The maximum Gasteiger partial charge on any atom is 0.159 e. The fourth-order valence-electron chi connectivity index (χ4n) is 3.68. The second-order valence-electron chi connectivity index (χ2n) is 7.59. The minimum Gasteiger partial charge on any atom is -0.372 e. The Labute approximate surface area is 155 Å². The zero-order chi connectivity index (χ0) is 18.1. The van der Waals surface area contributed by atoms with Gasteiger partial charge in [0.15, 0.2) is 11.7 Å². The Hall–Kier alpha value is -2.50. The molecule has 0 amide bonds. The number of aromatic nitrogens is 2. The second kappa shape index (κ2) is 7.02. The molecule has 26 heavy (non-hydrogen) atoms. The molecule has 2 aromatic rings. The Morgan fingerprint density at radius 2 is 1.92 bits per heavy atom. The van der Waals surface area contributed by atoms with Crippen molar-refractivity contribution in [2.75, 3.05) is 23.3 Å². The lowest BCUT2D eigenvalue weighted by molar-refractivity contribution is 0.219. The lowest BCUT2D eigenvalue weighted by Crippen LogP contribution is -2.34. The molecule has 2 aliphatic rings. The van der Waals surface area contributed by atoms with E-state index in [4.69, 9.17) is 5.10 Å². The highest BCUT2D eigenvalue weighted by Gasteiger charge is 2.23. The van der Waals surface area contributed by atoms with Gasteiger partial charge >= 0.3 is 0 Å². The van der Waals surface area contributed by atoms with Crippen molar-refractivity contribution in [2.45, 2.75) is 52.6 Å². The van der Waals surface area contributed by atoms with Crippen LogP contribution >= 0.6 is 0 Å². The van der Waals surface area contributed by atoms with Crippen molar-refractivity contribution >= 4 is 17.3 Å². The van der Waals surface area contributed by atoms with E-state index in [1.54, 1.807) is 0 Å². The number of rotatable bonds is 3. The number of hydrogen-bond donors (Lipinski definition) is 2. The molecule has 0 aliphatic carbocycles. The Kier molecular flexibility index (Phi) is 4.57. The van der Waals surface area contributed by atoms with E-state index in [2.05, 4.69) is 57.5 Å². The summed E-state index contributed by atoms with van der Waals surface area (Å²) < 4.78 is 0. The van der Waals surface area contributed by atoms with Gasteiger partial charge < -0.3 is 10.2 Å². The summed E-state index contributed by atoms with van der Waals surface area (Å²) >= 11 is 0. The molecular weight excluding hydrogens is 324 g/mol. The summed E-state index contributed by atoms with van der Waals surface area (Å²) in [6.07, 6.45) is 3.94. The van der Waals surface area contributed by atoms with Crippen LogP contribution in [-0.4, -0.2) is 40.2 Å². The van der Waals surface area contributed by atoms with Crippen LogP contribution < -0.4 is 10.2 Å². The molecule has 6 heteroatoms. The molecule has 1 aromatic carbocycles. The fourth-order valence-corrected chi connectivity index (χ4v) is 3.68. The first-order valence-electron chi connectivity index (χ1n) is 9.62. The highest BCUT2D eigenvalue weighted by atomic mass is 15.5. The topological polar surface area (TPSA) is 59.6 Å². The predicted molar refractivity (Wildman–Crippen MR) is 107 cm³/mol. The summed E-state index contributed by atoms with van der Waals surface area (Å²) in [5.74, 6) is 1.68. The fraction of sp³-hybridized carbons (Fsp3) is 0.500. The van der Waals surface area contributed by atoms with Crippen LogP contribution in [0.5, 0.6) is 0 Å². The molecule has 3 heterocycles. The minimum absolute atomic E-state index is 0.347. The van der Waals surface area contributed by atoms with Crippen molar-refractivity contribution in [3.63, 3.8) is 0 Å². The first-order chi connectivity index (χ1) is 12.6. The summed E-state index contributed by atoms with van der Waals surface area (Å²) in [6, 6.07) is 9.14. The van der Waals surface area contributed by atoms with Gasteiger partial charge in [-0.15, -0.1) is 0 Å². The first kappa shape index (κ1) is 16.9. The first-order valence-corrected chi connectivity index (χ1v) is 9.62. The summed E-state index contributed by atoms with van der Waals surface area (Å²) in [4.78, 5) is 2.51. The van der Waals surface area contributed by atoms with Gasteiger partial charge in [-0.3, -0.25) is 10.1 Å². The van der Waals surface area contributed by atoms with Gasteiger partial charge in [-0.1, -0.05) is 0 Å². The SMILES string of the molecule is Cc1cc(NC2=NN(C(C)C)Cc3cc(N4CCCCC4)ccc32)n[nH]1. The zero-order valence-electron chi connectivity index (χ0n) is 15.9. The third-order valence-corrected chi connectivity index (χ3v) is 5.17. The molecule has 0 spiro atoms. The molecule has 138 valence electrons. The molecule has 0 saturated carbocycles. The maximum atomic E-state index is 4.84. The number of H-pyrrole nitrogens is 1. The van der Waals surface area contributed by atoms with Crippen LogP contribution in [0.1, 0.15) is 49.9 Å². The molecule has 4 rings (SSSR count). The molecule has 6 nitrogen and oxygen atoms in total. The molecule has 1 aromatic heterocycles. The molecule has 1 saturated heterocycles. The molecule has 2 aliphatic heterocycles. The van der Waals surface area contributed by atoms with Gasteiger partial charge in [-0.25, -0.2) is 0 Å². The van der Waals surface area contributed by atoms with Gasteiger partial charge in [-0.2, -0.15) is 10.2 Å². The van der Waals surface area contributed by atoms with Crippen molar-refractivity contribution < 1.29 is 0 Å². The van der Waals surface area contributed by atoms with Crippen molar-refractivity contribution in [3.8, 4) is 0 Å². The standard InChI is InChI=1S/C20H28N6/c1-14(2)26-13-16-12-17(25-9-5-4-6-10-25)7-8-18(16)20(24-26)21-19-11-15(3)22-23-19/h7-8,11-12,14H,4-6,9-10,13H2,1-3H3,(H2,21,22,23,24). The van der Waals surface area contributed by atoms with Crippen molar-refractivity contribution in [3.05, 3.63) is 41.1 Å². The van der Waals surface area contributed by atoms with E-state index < -0.39 is 0 Å². The number of aromatic amines is 1. The normalized spacial score (nSPS) is 17.3. The number of hydrogen-bond acceptors (Lipinski definition) is 5. The second-order valence-corrected chi connectivity index (χ2v) is 7.59. The number of nitrogens with zero attached hydrogens (tertiary/aromatic N) is 4. The Morgan fingerprint density at radius 3 is 2.62 bits per heavy atom. The monoisotopic (exact) mass is 352 g/mol. The number of piperidine rings is 1. The highest BCUT2D eigenvalue weighted by molar-refractivity contribution is 6.09. The van der Waals surface area contributed by atoms with E-state index in [9.17, 15) is 0 Å². The molecule has 0 radical (unpaired) electrons. The van der Waals surface area contributed by atoms with Gasteiger partial charge in [0.2, 0.25) is 0 Å². The average Bonchev–Trinajstić information content (AvgIpc) is 3.06. The predicted octanol–water partition coefficient (Wildman–Crippen LogP) is 3.71. The van der Waals surface area contributed by atoms with E-state index in [0.717, 1.165) is 23.9 Å². The number of aryl methyl sites for hydroxylation is 1. The summed E-state index contributed by atoms with van der Waals surface area (Å²) in [5.41, 5.74) is 4.86. The van der Waals surface area contributed by atoms with Crippen molar-refractivity contribution in [1.82, 2.24) is 15.2 Å². The molecule has 0 atom stereocenters. The van der Waals surface area contributed by atoms with Gasteiger partial charge in [0, 0.05) is 42.1 Å². The smallest absolute Gasteiger partial charge is 0.159 e. The van der Waals surface area contributed by atoms with Crippen molar-refractivity contribution in [1.29, 1.82) is 0 Å². The van der Waals surface area contributed by atoms with E-state index in [0.29, 0.717) is 6.04 Å². The van der Waals surface area contributed by atoms with E-state index in [-0.39, 0.29) is 0 Å². The number of nitrogens with one attached hydrogen (secondary N) is 2.